The van der Waals surface area contributed by atoms with Crippen LogP contribution in [0.1, 0.15) is 52.4 Å². The summed E-state index contributed by atoms with van der Waals surface area (Å²) < 4.78 is 19.7. The van der Waals surface area contributed by atoms with Crippen molar-refractivity contribution in [3.05, 3.63) is 24.3 Å². The Morgan fingerprint density at radius 2 is 1.88 bits per heavy atom. The van der Waals surface area contributed by atoms with E-state index in [9.17, 15) is 4.39 Å². The van der Waals surface area contributed by atoms with Crippen LogP contribution in [-0.4, -0.2) is 58.3 Å². The Bertz CT molecular complexity index is 900. The summed E-state index contributed by atoms with van der Waals surface area (Å²) in [7, 11) is 1.73. The van der Waals surface area contributed by atoms with Gasteiger partial charge in [0, 0.05) is 38.0 Å². The van der Waals surface area contributed by atoms with E-state index >= 15 is 0 Å². The molecule has 2 aromatic heterocycles. The number of anilines is 2. The highest BCUT2D eigenvalue weighted by Crippen LogP contribution is 2.44. The maximum absolute atomic E-state index is 14.5. The van der Waals surface area contributed by atoms with Gasteiger partial charge in [-0.05, 0) is 56.9 Å². The van der Waals surface area contributed by atoms with E-state index in [1.807, 2.05) is 0 Å². The number of hydrogen-bond donors (Lipinski definition) is 3. The van der Waals surface area contributed by atoms with E-state index in [1.54, 1.807) is 19.4 Å². The highest BCUT2D eigenvalue weighted by atomic mass is 19.1. The molecule has 2 aliphatic carbocycles. The molecule has 2 fully saturated rings. The highest BCUT2D eigenvalue weighted by Gasteiger charge is 2.37. The normalized spacial score (nSPS) is 22.9. The number of aromatic nitrogens is 4. The number of ether oxygens (including phenoxy) is 1. The van der Waals surface area contributed by atoms with Gasteiger partial charge in [-0.3, -0.25) is 0 Å². The molecule has 0 amide bonds. The maximum atomic E-state index is 14.5. The van der Waals surface area contributed by atoms with Gasteiger partial charge < -0.3 is 20.7 Å². The summed E-state index contributed by atoms with van der Waals surface area (Å²) in [4.78, 5) is 17.3. The van der Waals surface area contributed by atoms with Gasteiger partial charge in [-0.15, -0.1) is 0 Å². The Morgan fingerprint density at radius 3 is 2.59 bits per heavy atom. The fraction of sp³-hybridized carbons (Fsp3) is 0.652. The monoisotopic (exact) mass is 443 g/mol. The number of methoxy groups -OCH3 is 1. The fourth-order valence-corrected chi connectivity index (χ4v) is 4.16. The van der Waals surface area contributed by atoms with Crippen LogP contribution in [0.25, 0.3) is 11.4 Å². The van der Waals surface area contributed by atoms with Crippen molar-refractivity contribution < 1.29 is 9.13 Å². The molecule has 0 bridgehead atoms. The quantitative estimate of drug-likeness (QED) is 0.512. The molecule has 0 aliphatic heterocycles. The SMILES string of the molecule is COCC(C)NC1CCC(Nc2ncc(F)c(-c3ccnc(NCC4(C)CC4)n3)n2)CC1. The lowest BCUT2D eigenvalue weighted by atomic mass is 9.91. The lowest BCUT2D eigenvalue weighted by Gasteiger charge is -2.31. The van der Waals surface area contributed by atoms with E-state index < -0.39 is 5.82 Å². The number of halogens is 1. The van der Waals surface area contributed by atoms with Gasteiger partial charge in [-0.1, -0.05) is 6.92 Å². The minimum absolute atomic E-state index is 0.189. The van der Waals surface area contributed by atoms with Gasteiger partial charge in [-0.2, -0.15) is 0 Å². The Balaban J connectivity index is 1.36. The first-order valence-corrected chi connectivity index (χ1v) is 11.6. The molecule has 8 nitrogen and oxygen atoms in total. The van der Waals surface area contributed by atoms with Gasteiger partial charge in [0.15, 0.2) is 5.82 Å². The smallest absolute Gasteiger partial charge is 0.223 e. The molecule has 2 saturated carbocycles. The minimum Gasteiger partial charge on any atom is -0.383 e. The van der Waals surface area contributed by atoms with Crippen molar-refractivity contribution >= 4 is 11.9 Å². The lowest BCUT2D eigenvalue weighted by molar-refractivity contribution is 0.161. The van der Waals surface area contributed by atoms with Gasteiger partial charge >= 0.3 is 0 Å². The van der Waals surface area contributed by atoms with E-state index in [0.717, 1.165) is 32.2 Å². The molecule has 9 heteroatoms. The third kappa shape index (κ3) is 6.10. The van der Waals surface area contributed by atoms with E-state index in [-0.39, 0.29) is 11.7 Å². The van der Waals surface area contributed by atoms with E-state index in [2.05, 4.69) is 49.7 Å². The molecule has 4 rings (SSSR count). The first-order chi connectivity index (χ1) is 15.4. The molecule has 2 aromatic rings. The Labute approximate surface area is 189 Å². The van der Waals surface area contributed by atoms with Crippen molar-refractivity contribution in [1.29, 1.82) is 0 Å². The van der Waals surface area contributed by atoms with Gasteiger partial charge in [0.25, 0.3) is 0 Å². The highest BCUT2D eigenvalue weighted by molar-refractivity contribution is 5.57. The summed E-state index contributed by atoms with van der Waals surface area (Å²) in [6.45, 7) is 5.90. The standard InChI is InChI=1S/C23H34FN7O/c1-15(13-32-3)28-16-4-6-17(7-5-16)29-22-26-12-18(24)20(31-22)19-8-11-25-21(30-19)27-14-23(2)9-10-23/h8,11-12,15-17,28H,4-7,9-10,13-14H2,1-3H3,(H,25,27,30)(H,26,29,31). The summed E-state index contributed by atoms with van der Waals surface area (Å²) in [6.07, 6.45) is 9.41. The van der Waals surface area contributed by atoms with Crippen molar-refractivity contribution in [1.82, 2.24) is 25.3 Å². The minimum atomic E-state index is -0.491. The molecule has 2 heterocycles. The van der Waals surface area contributed by atoms with Gasteiger partial charge in [-0.25, -0.2) is 24.3 Å². The van der Waals surface area contributed by atoms with Crippen molar-refractivity contribution in [2.75, 3.05) is 30.9 Å². The molecule has 3 N–H and O–H groups in total. The lowest BCUT2D eigenvalue weighted by Crippen LogP contribution is -2.43. The maximum Gasteiger partial charge on any atom is 0.223 e. The molecule has 2 aliphatic rings. The molecule has 32 heavy (non-hydrogen) atoms. The van der Waals surface area contributed by atoms with E-state index in [0.29, 0.717) is 41.7 Å². The predicted octanol–water partition coefficient (Wildman–Crippen LogP) is 3.63. The second-order valence-corrected chi connectivity index (χ2v) is 9.54. The predicted molar refractivity (Wildman–Crippen MR) is 123 cm³/mol. The van der Waals surface area contributed by atoms with Gasteiger partial charge in [0.05, 0.1) is 18.5 Å². The van der Waals surface area contributed by atoms with Crippen LogP contribution in [0.2, 0.25) is 0 Å². The first-order valence-electron chi connectivity index (χ1n) is 11.6. The average molecular weight is 444 g/mol. The third-order valence-corrected chi connectivity index (χ3v) is 6.42. The molecule has 1 unspecified atom stereocenters. The molecule has 174 valence electrons. The zero-order valence-corrected chi connectivity index (χ0v) is 19.2. The number of nitrogens with one attached hydrogen (secondary N) is 3. The Hall–Kier alpha value is -2.39. The molecule has 0 aromatic carbocycles. The van der Waals surface area contributed by atoms with Crippen LogP contribution < -0.4 is 16.0 Å². The molecular formula is C23H34FN7O. The van der Waals surface area contributed by atoms with Crippen molar-refractivity contribution in [3.63, 3.8) is 0 Å². The molecule has 1 atom stereocenters. The number of hydrogen-bond acceptors (Lipinski definition) is 8. The Morgan fingerprint density at radius 1 is 1.12 bits per heavy atom. The number of rotatable bonds is 10. The number of nitrogens with zero attached hydrogens (tertiary/aromatic N) is 4. The average Bonchev–Trinajstić information content (AvgIpc) is 3.53. The van der Waals surface area contributed by atoms with Gasteiger partial charge in [0.2, 0.25) is 11.9 Å². The summed E-state index contributed by atoms with van der Waals surface area (Å²) in [5, 5.41) is 10.3. The van der Waals surface area contributed by atoms with Crippen LogP contribution in [0.3, 0.4) is 0 Å². The van der Waals surface area contributed by atoms with Crippen molar-refractivity contribution in [2.45, 2.75) is 70.5 Å². The Kier molecular flexibility index (Phi) is 7.15. The fourth-order valence-electron chi connectivity index (χ4n) is 4.16. The van der Waals surface area contributed by atoms with Crippen LogP contribution in [0, 0.1) is 11.2 Å². The third-order valence-electron chi connectivity index (χ3n) is 6.42. The van der Waals surface area contributed by atoms with Crippen LogP contribution in [0.5, 0.6) is 0 Å². The van der Waals surface area contributed by atoms with Crippen LogP contribution in [0.4, 0.5) is 16.3 Å². The summed E-state index contributed by atoms with van der Waals surface area (Å²) >= 11 is 0. The summed E-state index contributed by atoms with van der Waals surface area (Å²) in [6, 6.07) is 2.78. The van der Waals surface area contributed by atoms with Gasteiger partial charge in [0.1, 0.15) is 5.69 Å². The largest absolute Gasteiger partial charge is 0.383 e. The van der Waals surface area contributed by atoms with Crippen molar-refractivity contribution in [3.8, 4) is 11.4 Å². The molecule has 0 radical (unpaired) electrons. The molecule has 0 spiro atoms. The zero-order valence-electron chi connectivity index (χ0n) is 19.2. The summed E-state index contributed by atoms with van der Waals surface area (Å²) in [5.74, 6) is 0.440. The van der Waals surface area contributed by atoms with Crippen molar-refractivity contribution in [2.24, 2.45) is 5.41 Å². The van der Waals surface area contributed by atoms with Crippen LogP contribution in [-0.2, 0) is 4.74 Å². The molecule has 0 saturated heterocycles. The topological polar surface area (TPSA) is 96.9 Å². The first kappa shape index (κ1) is 22.8. The molecular weight excluding hydrogens is 409 g/mol. The zero-order chi connectivity index (χ0) is 22.6. The second kappa shape index (κ2) is 10.0. The van der Waals surface area contributed by atoms with E-state index in [4.69, 9.17) is 4.74 Å². The van der Waals surface area contributed by atoms with Crippen LogP contribution in [0.15, 0.2) is 18.5 Å². The van der Waals surface area contributed by atoms with Crippen LogP contribution >= 0.6 is 0 Å². The van der Waals surface area contributed by atoms with E-state index in [1.165, 1.54) is 19.0 Å². The second-order valence-electron chi connectivity index (χ2n) is 9.54. The summed E-state index contributed by atoms with van der Waals surface area (Å²) in [5.41, 5.74) is 0.966.